The van der Waals surface area contributed by atoms with E-state index < -0.39 is 9.84 Å². The number of imidazole rings is 1. The number of rotatable bonds is 9. The van der Waals surface area contributed by atoms with Crippen LogP contribution in [-0.2, 0) is 22.8 Å². The van der Waals surface area contributed by atoms with Crippen LogP contribution in [0.15, 0.2) is 0 Å². The van der Waals surface area contributed by atoms with Crippen molar-refractivity contribution in [3.63, 3.8) is 0 Å². The highest BCUT2D eigenvalue weighted by Gasteiger charge is 2.17. The van der Waals surface area contributed by atoms with E-state index in [-0.39, 0.29) is 5.75 Å². The second kappa shape index (κ2) is 8.17. The first-order chi connectivity index (χ1) is 11.8. The lowest BCUT2D eigenvalue weighted by atomic mass is 10.2. The smallest absolute Gasteiger partial charge is 0.151 e. The molecule has 0 aromatic carbocycles. The molecule has 2 heterocycles. The van der Waals surface area contributed by atoms with Crippen LogP contribution in [-0.4, -0.2) is 34.5 Å². The van der Waals surface area contributed by atoms with Crippen LogP contribution in [0.2, 0.25) is 0 Å². The molecule has 0 atom stereocenters. The first kappa shape index (κ1) is 19.7. The largest absolute Gasteiger partial charge is 0.382 e. The summed E-state index contributed by atoms with van der Waals surface area (Å²) in [5.74, 6) is 2.01. The minimum atomic E-state index is -2.92. The number of nitrogens with zero attached hydrogens (tertiary/aromatic N) is 3. The zero-order valence-electron chi connectivity index (χ0n) is 15.8. The molecule has 140 valence electrons. The van der Waals surface area contributed by atoms with E-state index in [4.69, 9.17) is 5.73 Å². The fourth-order valence-electron chi connectivity index (χ4n) is 3.12. The van der Waals surface area contributed by atoms with Crippen molar-refractivity contribution < 1.29 is 8.42 Å². The molecule has 6 nitrogen and oxygen atoms in total. The Kier molecular flexibility index (Phi) is 6.43. The molecule has 0 radical (unpaired) electrons. The van der Waals surface area contributed by atoms with E-state index in [0.717, 1.165) is 60.3 Å². The molecule has 2 aromatic rings. The van der Waals surface area contributed by atoms with E-state index >= 15 is 0 Å². The standard InChI is InChI=1S/C18H30N4O2S/c1-5-7-11-25(23,24)12-9-8-10-22-15(6-2)21-16-17(22)13(3)14(4)20-18(16)19/h5-12H2,1-4H3,(H2,19,20). The number of pyridine rings is 1. The molecule has 0 unspecified atom stereocenters. The molecule has 0 aliphatic rings. The second-order valence-corrected chi connectivity index (χ2v) is 8.95. The van der Waals surface area contributed by atoms with Crippen molar-refractivity contribution >= 4 is 26.7 Å². The van der Waals surface area contributed by atoms with Gasteiger partial charge in [-0.3, -0.25) is 0 Å². The summed E-state index contributed by atoms with van der Waals surface area (Å²) >= 11 is 0. The van der Waals surface area contributed by atoms with Gasteiger partial charge in [-0.25, -0.2) is 18.4 Å². The van der Waals surface area contributed by atoms with Crippen LogP contribution in [0.5, 0.6) is 0 Å². The van der Waals surface area contributed by atoms with Crippen molar-refractivity contribution in [2.45, 2.75) is 66.3 Å². The first-order valence-corrected chi connectivity index (χ1v) is 10.9. The number of hydrogen-bond donors (Lipinski definition) is 1. The van der Waals surface area contributed by atoms with Crippen molar-refractivity contribution in [2.75, 3.05) is 17.2 Å². The van der Waals surface area contributed by atoms with Gasteiger partial charge in [-0.1, -0.05) is 20.3 Å². The van der Waals surface area contributed by atoms with Crippen LogP contribution < -0.4 is 5.73 Å². The zero-order chi connectivity index (χ0) is 18.6. The van der Waals surface area contributed by atoms with E-state index in [0.29, 0.717) is 18.0 Å². The van der Waals surface area contributed by atoms with E-state index in [1.165, 1.54) is 0 Å². The van der Waals surface area contributed by atoms with Crippen LogP contribution in [0.1, 0.15) is 56.6 Å². The maximum absolute atomic E-state index is 12.0. The molecule has 2 N–H and O–H groups in total. The normalized spacial score (nSPS) is 12.2. The van der Waals surface area contributed by atoms with Gasteiger partial charge in [0.15, 0.2) is 5.82 Å². The zero-order valence-corrected chi connectivity index (χ0v) is 16.6. The molecule has 0 aliphatic heterocycles. The monoisotopic (exact) mass is 366 g/mol. The van der Waals surface area contributed by atoms with E-state index in [1.807, 2.05) is 20.8 Å². The predicted molar refractivity (Wildman–Crippen MR) is 104 cm³/mol. The average Bonchev–Trinajstić information content (AvgIpc) is 2.94. The predicted octanol–water partition coefficient (Wildman–Crippen LogP) is 3.19. The van der Waals surface area contributed by atoms with Crippen LogP contribution in [0, 0.1) is 13.8 Å². The van der Waals surface area contributed by atoms with Crippen molar-refractivity contribution in [3.8, 4) is 0 Å². The Morgan fingerprint density at radius 3 is 2.36 bits per heavy atom. The third kappa shape index (κ3) is 4.51. The number of aryl methyl sites for hydroxylation is 4. The maximum Gasteiger partial charge on any atom is 0.151 e. The number of unbranched alkanes of at least 4 members (excludes halogenated alkanes) is 2. The summed E-state index contributed by atoms with van der Waals surface area (Å²) in [6.07, 6.45) is 3.95. The van der Waals surface area contributed by atoms with E-state index in [2.05, 4.69) is 21.5 Å². The van der Waals surface area contributed by atoms with Crippen LogP contribution in [0.25, 0.3) is 11.0 Å². The van der Waals surface area contributed by atoms with Gasteiger partial charge in [0, 0.05) is 18.7 Å². The molecular formula is C18H30N4O2S. The minimum absolute atomic E-state index is 0.267. The molecule has 0 bridgehead atoms. The van der Waals surface area contributed by atoms with Crippen LogP contribution in [0.3, 0.4) is 0 Å². The second-order valence-electron chi connectivity index (χ2n) is 6.65. The lowest BCUT2D eigenvalue weighted by molar-refractivity contribution is 0.578. The molecule has 25 heavy (non-hydrogen) atoms. The first-order valence-electron chi connectivity index (χ1n) is 9.12. The Morgan fingerprint density at radius 1 is 1.04 bits per heavy atom. The average molecular weight is 367 g/mol. The van der Waals surface area contributed by atoms with Gasteiger partial charge in [0.05, 0.1) is 17.0 Å². The highest BCUT2D eigenvalue weighted by Crippen LogP contribution is 2.26. The number of nitrogens with two attached hydrogens (primary N) is 1. The summed E-state index contributed by atoms with van der Waals surface area (Å²) in [5.41, 5.74) is 9.86. The van der Waals surface area contributed by atoms with Gasteiger partial charge in [0.25, 0.3) is 0 Å². The summed E-state index contributed by atoms with van der Waals surface area (Å²) in [6.45, 7) is 8.83. The highest BCUT2D eigenvalue weighted by atomic mass is 32.2. The van der Waals surface area contributed by atoms with Crippen molar-refractivity contribution in [1.82, 2.24) is 14.5 Å². The van der Waals surface area contributed by atoms with Crippen molar-refractivity contribution in [2.24, 2.45) is 0 Å². The number of hydrogen-bond acceptors (Lipinski definition) is 5. The summed E-state index contributed by atoms with van der Waals surface area (Å²) in [5, 5.41) is 0. The number of aromatic nitrogens is 3. The lowest BCUT2D eigenvalue weighted by Crippen LogP contribution is -2.12. The number of anilines is 1. The summed E-state index contributed by atoms with van der Waals surface area (Å²) in [4.78, 5) is 9.03. The number of fused-ring (bicyclic) bond motifs is 1. The molecule has 0 aliphatic carbocycles. The Balaban J connectivity index is 2.16. The Hall–Kier alpha value is -1.63. The Morgan fingerprint density at radius 2 is 1.72 bits per heavy atom. The van der Waals surface area contributed by atoms with Gasteiger partial charge < -0.3 is 10.3 Å². The Labute approximate surface area is 150 Å². The van der Waals surface area contributed by atoms with Gasteiger partial charge in [0.1, 0.15) is 21.2 Å². The fourth-order valence-corrected chi connectivity index (χ4v) is 4.69. The van der Waals surface area contributed by atoms with Gasteiger partial charge in [-0.05, 0) is 38.7 Å². The summed E-state index contributed by atoms with van der Waals surface area (Å²) in [6, 6.07) is 0. The quantitative estimate of drug-likeness (QED) is 0.688. The third-order valence-electron chi connectivity index (χ3n) is 4.69. The summed E-state index contributed by atoms with van der Waals surface area (Å²) in [7, 11) is -2.92. The Bertz CT molecular complexity index is 841. The minimum Gasteiger partial charge on any atom is -0.382 e. The molecule has 0 fully saturated rings. The molecule has 0 saturated carbocycles. The fraction of sp³-hybridized carbons (Fsp3) is 0.667. The summed E-state index contributed by atoms with van der Waals surface area (Å²) < 4.78 is 26.2. The molecule has 0 spiro atoms. The molecule has 0 saturated heterocycles. The van der Waals surface area contributed by atoms with Gasteiger partial charge >= 0.3 is 0 Å². The van der Waals surface area contributed by atoms with Crippen molar-refractivity contribution in [3.05, 3.63) is 17.1 Å². The maximum atomic E-state index is 12.0. The van der Waals surface area contributed by atoms with Crippen LogP contribution in [0.4, 0.5) is 5.82 Å². The molecule has 0 amide bonds. The van der Waals surface area contributed by atoms with Gasteiger partial charge in [0.2, 0.25) is 0 Å². The third-order valence-corrected chi connectivity index (χ3v) is 6.51. The lowest BCUT2D eigenvalue weighted by Gasteiger charge is -2.11. The van der Waals surface area contributed by atoms with Gasteiger partial charge in [-0.2, -0.15) is 0 Å². The van der Waals surface area contributed by atoms with Crippen molar-refractivity contribution in [1.29, 1.82) is 0 Å². The molecule has 2 rings (SSSR count). The SMILES string of the molecule is CCCCS(=O)(=O)CCCCn1c(CC)nc2c(N)nc(C)c(C)c21. The van der Waals surface area contributed by atoms with E-state index in [9.17, 15) is 8.42 Å². The molecule has 2 aromatic heterocycles. The van der Waals surface area contributed by atoms with Crippen LogP contribution >= 0.6 is 0 Å². The van der Waals surface area contributed by atoms with Gasteiger partial charge in [-0.15, -0.1) is 0 Å². The number of nitrogen functional groups attached to an aromatic ring is 1. The highest BCUT2D eigenvalue weighted by molar-refractivity contribution is 7.91. The van der Waals surface area contributed by atoms with E-state index in [1.54, 1.807) is 0 Å². The molecular weight excluding hydrogens is 336 g/mol. The molecule has 7 heteroatoms. The number of sulfone groups is 1. The topological polar surface area (TPSA) is 90.9 Å².